The molecule has 0 saturated carbocycles. The molecule has 20 heavy (non-hydrogen) atoms. The Morgan fingerprint density at radius 2 is 2.15 bits per heavy atom. The second-order valence-electron chi connectivity index (χ2n) is 5.73. The number of sulfonamides is 1. The Balaban J connectivity index is 2.18. The molecule has 1 atom stereocenters. The zero-order valence-electron chi connectivity index (χ0n) is 12.5. The van der Waals surface area contributed by atoms with Gasteiger partial charge in [-0.2, -0.15) is 4.31 Å². The van der Waals surface area contributed by atoms with Crippen molar-refractivity contribution in [3.8, 4) is 0 Å². The second-order valence-corrected chi connectivity index (χ2v) is 7.57. The van der Waals surface area contributed by atoms with E-state index in [2.05, 4.69) is 9.88 Å². The maximum Gasteiger partial charge on any atom is 0.262 e. The lowest BCUT2D eigenvalue weighted by atomic mass is 10.0. The molecular formula is C13H24N4O2S. The van der Waals surface area contributed by atoms with Crippen LogP contribution in [0.15, 0.2) is 17.6 Å². The molecule has 1 aliphatic rings. The van der Waals surface area contributed by atoms with Gasteiger partial charge in [0.2, 0.25) is 0 Å². The van der Waals surface area contributed by atoms with Crippen LogP contribution in [0.2, 0.25) is 0 Å². The van der Waals surface area contributed by atoms with Crippen molar-refractivity contribution in [3.05, 3.63) is 12.5 Å². The molecule has 0 aliphatic carbocycles. The minimum atomic E-state index is -3.46. The van der Waals surface area contributed by atoms with Gasteiger partial charge in [0, 0.05) is 25.8 Å². The Hall–Kier alpha value is -0.920. The third kappa shape index (κ3) is 3.39. The molecular weight excluding hydrogens is 276 g/mol. The van der Waals surface area contributed by atoms with Gasteiger partial charge < -0.3 is 9.47 Å². The second kappa shape index (κ2) is 6.24. The molecule has 0 amide bonds. The van der Waals surface area contributed by atoms with Crippen molar-refractivity contribution >= 4 is 10.0 Å². The third-order valence-electron chi connectivity index (χ3n) is 3.74. The lowest BCUT2D eigenvalue weighted by Gasteiger charge is -2.34. The van der Waals surface area contributed by atoms with Gasteiger partial charge in [0.15, 0.2) is 5.03 Å². The van der Waals surface area contributed by atoms with E-state index >= 15 is 0 Å². The van der Waals surface area contributed by atoms with Gasteiger partial charge in [-0.25, -0.2) is 13.4 Å². The van der Waals surface area contributed by atoms with E-state index in [0.717, 1.165) is 32.2 Å². The van der Waals surface area contributed by atoms with Crippen LogP contribution in [0.3, 0.4) is 0 Å². The molecule has 114 valence electrons. The maximum absolute atomic E-state index is 12.7. The quantitative estimate of drug-likeness (QED) is 0.811. The van der Waals surface area contributed by atoms with Crippen molar-refractivity contribution in [1.29, 1.82) is 0 Å². The number of nitrogens with zero attached hydrogens (tertiary/aromatic N) is 4. The highest BCUT2D eigenvalue weighted by Crippen LogP contribution is 2.26. The van der Waals surface area contributed by atoms with E-state index in [0.29, 0.717) is 6.54 Å². The van der Waals surface area contributed by atoms with Crippen LogP contribution in [0, 0.1) is 0 Å². The Bertz CT molecular complexity index is 538. The fourth-order valence-corrected chi connectivity index (χ4v) is 4.32. The lowest BCUT2D eigenvalue weighted by molar-refractivity contribution is 0.222. The van der Waals surface area contributed by atoms with E-state index in [4.69, 9.17) is 0 Å². The normalized spacial score (nSPS) is 21.5. The monoisotopic (exact) mass is 300 g/mol. The first kappa shape index (κ1) is 15.5. The van der Waals surface area contributed by atoms with Gasteiger partial charge >= 0.3 is 0 Å². The molecule has 1 aromatic heterocycles. The fourth-order valence-electron chi connectivity index (χ4n) is 2.63. The van der Waals surface area contributed by atoms with Gasteiger partial charge in [-0.05, 0) is 39.9 Å². The van der Waals surface area contributed by atoms with E-state index in [1.807, 2.05) is 14.1 Å². The topological polar surface area (TPSA) is 58.4 Å². The molecule has 0 spiro atoms. The van der Waals surface area contributed by atoms with Crippen LogP contribution in [0.4, 0.5) is 0 Å². The maximum atomic E-state index is 12.7. The number of hydrogen-bond donors (Lipinski definition) is 0. The Morgan fingerprint density at radius 3 is 2.75 bits per heavy atom. The summed E-state index contributed by atoms with van der Waals surface area (Å²) in [6, 6.07) is 0.0955. The van der Waals surface area contributed by atoms with Crippen molar-refractivity contribution in [2.75, 3.05) is 27.2 Å². The number of aryl methyl sites for hydroxylation is 1. The molecule has 0 bridgehead atoms. The molecule has 6 nitrogen and oxygen atoms in total. The summed E-state index contributed by atoms with van der Waals surface area (Å²) in [4.78, 5) is 6.11. The molecule has 0 N–H and O–H groups in total. The van der Waals surface area contributed by atoms with E-state index in [-0.39, 0.29) is 11.1 Å². The van der Waals surface area contributed by atoms with Gasteiger partial charge in [0.1, 0.15) is 0 Å². The fraction of sp³-hybridized carbons (Fsp3) is 0.769. The average Bonchev–Trinajstić information content (AvgIpc) is 2.84. The van der Waals surface area contributed by atoms with Crippen LogP contribution in [-0.2, 0) is 17.1 Å². The number of rotatable bonds is 5. The summed E-state index contributed by atoms with van der Waals surface area (Å²) in [5.74, 6) is 0. The zero-order valence-corrected chi connectivity index (χ0v) is 13.3. The van der Waals surface area contributed by atoms with Gasteiger partial charge in [-0.1, -0.05) is 6.42 Å². The van der Waals surface area contributed by atoms with E-state index in [9.17, 15) is 8.42 Å². The first-order valence-corrected chi connectivity index (χ1v) is 8.50. The Kier molecular flexibility index (Phi) is 4.82. The number of imidazole rings is 1. The van der Waals surface area contributed by atoms with Crippen LogP contribution >= 0.6 is 0 Å². The number of hydrogen-bond acceptors (Lipinski definition) is 4. The summed E-state index contributed by atoms with van der Waals surface area (Å²) >= 11 is 0. The number of piperidine rings is 1. The van der Waals surface area contributed by atoms with Crippen LogP contribution in [0.25, 0.3) is 0 Å². The minimum Gasteiger partial charge on any atom is -0.339 e. The highest BCUT2D eigenvalue weighted by Gasteiger charge is 2.34. The van der Waals surface area contributed by atoms with E-state index < -0.39 is 10.0 Å². The first-order chi connectivity index (χ1) is 9.41. The van der Waals surface area contributed by atoms with Crippen molar-refractivity contribution < 1.29 is 8.42 Å². The van der Waals surface area contributed by atoms with Crippen LogP contribution < -0.4 is 0 Å². The van der Waals surface area contributed by atoms with Gasteiger partial charge in [0.05, 0.1) is 6.33 Å². The average molecular weight is 300 g/mol. The van der Waals surface area contributed by atoms with Crippen LogP contribution in [-0.4, -0.2) is 60.4 Å². The van der Waals surface area contributed by atoms with E-state index in [1.54, 1.807) is 22.1 Å². The molecule has 7 heteroatoms. The van der Waals surface area contributed by atoms with Crippen molar-refractivity contribution in [2.45, 2.75) is 36.8 Å². The summed E-state index contributed by atoms with van der Waals surface area (Å²) in [5, 5.41) is 0.164. The van der Waals surface area contributed by atoms with Crippen LogP contribution in [0.5, 0.6) is 0 Å². The molecule has 0 radical (unpaired) electrons. The summed E-state index contributed by atoms with van der Waals surface area (Å²) in [5.41, 5.74) is 0. The van der Waals surface area contributed by atoms with Gasteiger partial charge in [0.25, 0.3) is 10.0 Å². The standard InChI is InChI=1S/C13H24N4O2S/c1-15(2)9-7-12-6-4-5-8-17(12)20(18,19)13-10-16(3)11-14-13/h10-12H,4-9H2,1-3H3. The smallest absolute Gasteiger partial charge is 0.262 e. The highest BCUT2D eigenvalue weighted by atomic mass is 32.2. The molecule has 2 heterocycles. The van der Waals surface area contributed by atoms with Crippen LogP contribution in [0.1, 0.15) is 25.7 Å². The minimum absolute atomic E-state index is 0.0955. The first-order valence-electron chi connectivity index (χ1n) is 7.06. The largest absolute Gasteiger partial charge is 0.339 e. The Labute approximate surface area is 121 Å². The lowest BCUT2D eigenvalue weighted by Crippen LogP contribution is -2.44. The van der Waals surface area contributed by atoms with Gasteiger partial charge in [-0.3, -0.25) is 0 Å². The highest BCUT2D eigenvalue weighted by molar-refractivity contribution is 7.89. The predicted molar refractivity (Wildman–Crippen MR) is 77.9 cm³/mol. The van der Waals surface area contributed by atoms with E-state index in [1.165, 1.54) is 6.33 Å². The molecule has 2 rings (SSSR count). The predicted octanol–water partition coefficient (Wildman–Crippen LogP) is 0.915. The molecule has 0 aromatic carbocycles. The SMILES string of the molecule is CN(C)CCC1CCCCN1S(=O)(=O)c1cn(C)cn1. The molecule has 1 aromatic rings. The van der Waals surface area contributed by atoms with Crippen molar-refractivity contribution in [1.82, 2.24) is 18.8 Å². The summed E-state index contributed by atoms with van der Waals surface area (Å²) in [6.45, 7) is 1.51. The summed E-state index contributed by atoms with van der Waals surface area (Å²) in [7, 11) is 2.36. The van der Waals surface area contributed by atoms with Crippen molar-refractivity contribution in [3.63, 3.8) is 0 Å². The number of aromatic nitrogens is 2. The summed E-state index contributed by atoms with van der Waals surface area (Å²) in [6.07, 6.45) is 6.97. The molecule has 1 fully saturated rings. The zero-order chi connectivity index (χ0) is 14.8. The molecule has 1 saturated heterocycles. The Morgan fingerprint density at radius 1 is 1.40 bits per heavy atom. The van der Waals surface area contributed by atoms with Gasteiger partial charge in [-0.15, -0.1) is 0 Å². The molecule has 1 unspecified atom stereocenters. The molecule has 1 aliphatic heterocycles. The third-order valence-corrected chi connectivity index (χ3v) is 5.57. The van der Waals surface area contributed by atoms with Crippen molar-refractivity contribution in [2.24, 2.45) is 7.05 Å². The summed E-state index contributed by atoms with van der Waals surface area (Å²) < 4.78 is 28.7.